The van der Waals surface area contributed by atoms with E-state index in [-0.39, 0.29) is 11.9 Å². The molecule has 2 nitrogen and oxygen atoms in total. The first-order chi connectivity index (χ1) is 7.09. The van der Waals surface area contributed by atoms with Gasteiger partial charge in [-0.05, 0) is 39.0 Å². The van der Waals surface area contributed by atoms with Gasteiger partial charge in [-0.2, -0.15) is 0 Å². The number of ether oxygens (including phenoxy) is 1. The molecule has 1 rings (SSSR count). The molecule has 0 heterocycles. The number of benzene rings is 1. The zero-order chi connectivity index (χ0) is 11.3. The van der Waals surface area contributed by atoms with Crippen LogP contribution in [0.5, 0.6) is 5.75 Å². The standard InChI is InChI=1S/C13H16O2/c1-10(2)15-13-7-5-4-6-12(13)9-8-11(3)14/h4-10H,1-3H3/b9-8+. The molecule has 0 unspecified atom stereocenters. The van der Waals surface area contributed by atoms with Crippen molar-refractivity contribution in [2.75, 3.05) is 0 Å². The van der Waals surface area contributed by atoms with Crippen molar-refractivity contribution in [2.24, 2.45) is 0 Å². The average molecular weight is 204 g/mol. The van der Waals surface area contributed by atoms with Crippen molar-refractivity contribution < 1.29 is 9.53 Å². The molecule has 0 atom stereocenters. The van der Waals surface area contributed by atoms with Crippen molar-refractivity contribution in [2.45, 2.75) is 26.9 Å². The lowest BCUT2D eigenvalue weighted by Crippen LogP contribution is -2.06. The molecule has 0 amide bonds. The first-order valence-corrected chi connectivity index (χ1v) is 5.04. The molecule has 0 saturated carbocycles. The number of para-hydroxylation sites is 1. The highest BCUT2D eigenvalue weighted by Gasteiger charge is 2.01. The molecule has 1 aromatic rings. The molecule has 0 aliphatic rings. The summed E-state index contributed by atoms with van der Waals surface area (Å²) >= 11 is 0. The predicted molar refractivity (Wildman–Crippen MR) is 61.9 cm³/mol. The van der Waals surface area contributed by atoms with Crippen molar-refractivity contribution in [1.29, 1.82) is 0 Å². The molecule has 0 bridgehead atoms. The summed E-state index contributed by atoms with van der Waals surface area (Å²) < 4.78 is 5.62. The van der Waals surface area contributed by atoms with Crippen LogP contribution in [0, 0.1) is 0 Å². The fourth-order valence-electron chi connectivity index (χ4n) is 1.19. The molecule has 80 valence electrons. The van der Waals surface area contributed by atoms with Gasteiger partial charge in [-0.15, -0.1) is 0 Å². The summed E-state index contributed by atoms with van der Waals surface area (Å²) in [6.45, 7) is 5.49. The Hall–Kier alpha value is -1.57. The van der Waals surface area contributed by atoms with Crippen molar-refractivity contribution in [3.8, 4) is 5.75 Å². The van der Waals surface area contributed by atoms with Crippen molar-refractivity contribution in [3.63, 3.8) is 0 Å². The van der Waals surface area contributed by atoms with Crippen LogP contribution in [0.3, 0.4) is 0 Å². The summed E-state index contributed by atoms with van der Waals surface area (Å²) in [6.07, 6.45) is 3.46. The highest BCUT2D eigenvalue weighted by molar-refractivity contribution is 5.91. The van der Waals surface area contributed by atoms with Crippen LogP contribution in [-0.2, 0) is 4.79 Å². The zero-order valence-electron chi connectivity index (χ0n) is 9.36. The zero-order valence-corrected chi connectivity index (χ0v) is 9.36. The largest absolute Gasteiger partial charge is 0.490 e. The van der Waals surface area contributed by atoms with Gasteiger partial charge in [0.2, 0.25) is 0 Å². The molecule has 0 fully saturated rings. The van der Waals surface area contributed by atoms with Crippen LogP contribution in [0.2, 0.25) is 0 Å². The number of allylic oxidation sites excluding steroid dienone is 1. The third-order valence-corrected chi connectivity index (χ3v) is 1.78. The van der Waals surface area contributed by atoms with Crippen LogP contribution in [0.15, 0.2) is 30.3 Å². The van der Waals surface area contributed by atoms with E-state index in [1.807, 2.05) is 38.1 Å². The van der Waals surface area contributed by atoms with E-state index in [2.05, 4.69) is 0 Å². The van der Waals surface area contributed by atoms with Gasteiger partial charge < -0.3 is 4.74 Å². The maximum absolute atomic E-state index is 10.8. The van der Waals surface area contributed by atoms with Gasteiger partial charge >= 0.3 is 0 Å². The molecule has 0 spiro atoms. The number of carbonyl (C=O) groups excluding carboxylic acids is 1. The first kappa shape index (κ1) is 11.5. The second-order valence-corrected chi connectivity index (χ2v) is 3.65. The maximum Gasteiger partial charge on any atom is 0.152 e. The van der Waals surface area contributed by atoms with Crippen LogP contribution in [0.4, 0.5) is 0 Å². The molecule has 0 saturated heterocycles. The lowest BCUT2D eigenvalue weighted by atomic mass is 10.1. The highest BCUT2D eigenvalue weighted by Crippen LogP contribution is 2.20. The Morgan fingerprint density at radius 3 is 2.60 bits per heavy atom. The van der Waals surface area contributed by atoms with E-state index in [4.69, 9.17) is 4.74 Å². The van der Waals surface area contributed by atoms with E-state index < -0.39 is 0 Å². The van der Waals surface area contributed by atoms with Gasteiger partial charge in [-0.25, -0.2) is 0 Å². The topological polar surface area (TPSA) is 26.3 Å². The Balaban J connectivity index is 2.91. The van der Waals surface area contributed by atoms with Crippen LogP contribution in [0.1, 0.15) is 26.3 Å². The first-order valence-electron chi connectivity index (χ1n) is 5.04. The molecule has 0 aliphatic carbocycles. The summed E-state index contributed by atoms with van der Waals surface area (Å²) in [5, 5.41) is 0. The molecule has 1 aromatic carbocycles. The Morgan fingerprint density at radius 2 is 2.00 bits per heavy atom. The van der Waals surface area contributed by atoms with Crippen molar-refractivity contribution >= 4 is 11.9 Å². The van der Waals surface area contributed by atoms with E-state index in [0.717, 1.165) is 11.3 Å². The monoisotopic (exact) mass is 204 g/mol. The van der Waals surface area contributed by atoms with Crippen LogP contribution < -0.4 is 4.74 Å². The average Bonchev–Trinajstić information content (AvgIpc) is 2.15. The molecule has 2 heteroatoms. The molecule has 0 radical (unpaired) electrons. The smallest absolute Gasteiger partial charge is 0.152 e. The second-order valence-electron chi connectivity index (χ2n) is 3.65. The number of hydrogen-bond acceptors (Lipinski definition) is 2. The third-order valence-electron chi connectivity index (χ3n) is 1.78. The SMILES string of the molecule is CC(=O)/C=C/c1ccccc1OC(C)C. The molecule has 0 aliphatic heterocycles. The fraction of sp³-hybridized carbons (Fsp3) is 0.308. The summed E-state index contributed by atoms with van der Waals surface area (Å²) in [4.78, 5) is 10.8. The molecular weight excluding hydrogens is 188 g/mol. The fourth-order valence-corrected chi connectivity index (χ4v) is 1.19. The number of hydrogen-bond donors (Lipinski definition) is 0. The van der Waals surface area contributed by atoms with Crippen molar-refractivity contribution in [3.05, 3.63) is 35.9 Å². The maximum atomic E-state index is 10.8. The Labute approximate surface area is 90.6 Å². The second kappa shape index (κ2) is 5.35. The number of carbonyl (C=O) groups is 1. The summed E-state index contributed by atoms with van der Waals surface area (Å²) in [5.41, 5.74) is 0.932. The summed E-state index contributed by atoms with van der Waals surface area (Å²) in [5.74, 6) is 0.847. The van der Waals surface area contributed by atoms with E-state index in [0.29, 0.717) is 0 Å². The van der Waals surface area contributed by atoms with Crippen molar-refractivity contribution in [1.82, 2.24) is 0 Å². The Morgan fingerprint density at radius 1 is 1.33 bits per heavy atom. The van der Waals surface area contributed by atoms with Gasteiger partial charge in [0, 0.05) is 5.56 Å². The lowest BCUT2D eigenvalue weighted by Gasteiger charge is -2.11. The Kier molecular flexibility index (Phi) is 4.10. The minimum absolute atomic E-state index is 0.0364. The number of rotatable bonds is 4. The van der Waals surface area contributed by atoms with Gasteiger partial charge in [-0.3, -0.25) is 4.79 Å². The van der Waals surface area contributed by atoms with Gasteiger partial charge in [0.15, 0.2) is 5.78 Å². The van der Waals surface area contributed by atoms with Gasteiger partial charge in [0.05, 0.1) is 6.10 Å². The number of ketones is 1. The van der Waals surface area contributed by atoms with E-state index in [9.17, 15) is 4.79 Å². The summed E-state index contributed by atoms with van der Waals surface area (Å²) in [7, 11) is 0. The minimum Gasteiger partial charge on any atom is -0.490 e. The van der Waals surface area contributed by atoms with Crippen LogP contribution in [0.25, 0.3) is 6.08 Å². The predicted octanol–water partition coefficient (Wildman–Crippen LogP) is 3.08. The van der Waals surface area contributed by atoms with E-state index in [1.165, 1.54) is 6.92 Å². The quantitative estimate of drug-likeness (QED) is 0.704. The third kappa shape index (κ3) is 3.98. The molecule has 0 aromatic heterocycles. The molecular formula is C13H16O2. The van der Waals surface area contributed by atoms with Crippen LogP contribution >= 0.6 is 0 Å². The lowest BCUT2D eigenvalue weighted by molar-refractivity contribution is -0.112. The minimum atomic E-state index is 0.0364. The highest BCUT2D eigenvalue weighted by atomic mass is 16.5. The van der Waals surface area contributed by atoms with E-state index >= 15 is 0 Å². The molecule has 0 N–H and O–H groups in total. The van der Waals surface area contributed by atoms with Gasteiger partial charge in [0.1, 0.15) is 5.75 Å². The molecule has 15 heavy (non-hydrogen) atoms. The van der Waals surface area contributed by atoms with Gasteiger partial charge in [-0.1, -0.05) is 18.2 Å². The Bertz CT molecular complexity index is 365. The van der Waals surface area contributed by atoms with Gasteiger partial charge in [0.25, 0.3) is 0 Å². The summed E-state index contributed by atoms with van der Waals surface area (Å²) in [6, 6.07) is 7.67. The van der Waals surface area contributed by atoms with Crippen LogP contribution in [-0.4, -0.2) is 11.9 Å². The normalized spacial score (nSPS) is 10.9. The van der Waals surface area contributed by atoms with E-state index in [1.54, 1.807) is 12.2 Å².